The summed E-state index contributed by atoms with van der Waals surface area (Å²) in [6.07, 6.45) is -7.69. The maximum Gasteiger partial charge on any atom is 0.460 e. The Labute approximate surface area is 163 Å². The second-order valence-corrected chi connectivity index (χ2v) is 4.25. The van der Waals surface area contributed by atoms with Gasteiger partial charge in [0.2, 0.25) is 0 Å². The van der Waals surface area contributed by atoms with Crippen molar-refractivity contribution in [3.05, 3.63) is 0 Å². The van der Waals surface area contributed by atoms with Crippen LogP contribution in [-0.2, 0) is 4.79 Å². The first-order chi connectivity index (χ1) is 10.4. The molecule has 26 heavy (non-hydrogen) atoms. The van der Waals surface area contributed by atoms with Gasteiger partial charge >= 0.3 is 47.7 Å². The molecule has 0 fully saturated rings. The predicted octanol–water partition coefficient (Wildman–Crippen LogP) is 4.45. The third kappa shape index (κ3) is 3.45. The molecule has 18 heteroatoms. The summed E-state index contributed by atoms with van der Waals surface area (Å²) >= 11 is 0. The molecule has 0 aliphatic heterocycles. The fourth-order valence-electron chi connectivity index (χ4n) is 1.10. The summed E-state index contributed by atoms with van der Waals surface area (Å²) in [5.41, 5.74) is 0. The van der Waals surface area contributed by atoms with E-state index in [1.165, 1.54) is 0 Å². The average Bonchev–Trinajstić information content (AvgIpc) is 2.35. The van der Waals surface area contributed by atoms with Crippen LogP contribution in [0.5, 0.6) is 0 Å². The molecule has 0 unspecified atom stereocenters. The zero-order valence-corrected chi connectivity index (χ0v) is 13.6. The van der Waals surface area contributed by atoms with Crippen molar-refractivity contribution in [3.8, 4) is 0 Å². The third-order valence-corrected chi connectivity index (χ3v) is 2.60. The summed E-state index contributed by atoms with van der Waals surface area (Å²) < 4.78 is 187. The van der Waals surface area contributed by atoms with Gasteiger partial charge in [-0.05, 0) is 0 Å². The van der Waals surface area contributed by atoms with Crippen LogP contribution in [0.15, 0.2) is 0 Å². The van der Waals surface area contributed by atoms with Gasteiger partial charge in [0.05, 0.1) is 0 Å². The van der Waals surface area contributed by atoms with E-state index in [0.717, 1.165) is 0 Å². The van der Waals surface area contributed by atoms with Crippen LogP contribution in [0.25, 0.3) is 0 Å². The third-order valence-electron chi connectivity index (χ3n) is 2.60. The van der Waals surface area contributed by atoms with Crippen molar-refractivity contribution in [3.63, 3.8) is 0 Å². The summed E-state index contributed by atoms with van der Waals surface area (Å²) in [6, 6.07) is 0. The van der Waals surface area contributed by atoms with Crippen molar-refractivity contribution in [2.75, 3.05) is 0 Å². The number of halogens is 15. The molecule has 1 N–H and O–H groups in total. The van der Waals surface area contributed by atoms with E-state index in [0.29, 0.717) is 0 Å². The average molecular weight is 564 g/mol. The molecule has 2 nitrogen and oxygen atoms in total. The largest absolute Gasteiger partial charge is 0.477 e. The van der Waals surface area contributed by atoms with Crippen molar-refractivity contribution >= 4 is 5.97 Å². The summed E-state index contributed by atoms with van der Waals surface area (Å²) in [5.74, 6) is -52.8. The first-order valence-electron chi connectivity index (χ1n) is 5.01. The first kappa shape index (κ1) is 28.0. The van der Waals surface area contributed by atoms with Gasteiger partial charge in [-0.15, -0.1) is 0 Å². The van der Waals surface area contributed by atoms with E-state index in [2.05, 4.69) is 0 Å². The molecule has 0 aromatic heterocycles. The Kier molecular flexibility index (Phi) is 7.50. The Hall–Kier alpha value is -0.242. The molecule has 0 aromatic carbocycles. The molecular formula is C8HF15O2Sm. The minimum atomic E-state index is -8.47. The molecule has 0 rings (SSSR count). The van der Waals surface area contributed by atoms with E-state index in [-0.39, 0.29) is 40.4 Å². The Morgan fingerprint density at radius 3 is 0.962 bits per heavy atom. The van der Waals surface area contributed by atoms with Gasteiger partial charge in [-0.25, -0.2) is 4.79 Å². The maximum absolute atomic E-state index is 12.8. The van der Waals surface area contributed by atoms with Gasteiger partial charge in [-0.2, -0.15) is 65.9 Å². The number of rotatable bonds is 6. The number of carbonyl (C=O) groups is 1. The van der Waals surface area contributed by atoms with Crippen molar-refractivity contribution in [2.24, 2.45) is 0 Å². The maximum atomic E-state index is 12.8. The standard InChI is InChI=1S/C8HF15O2.Sm/c9-2(10,1(24)25)3(11,12)4(13,14)5(15,16)6(17,18)7(19,20)8(21,22)23;/h(H,24,25);. The first-order valence-corrected chi connectivity index (χ1v) is 5.01. The van der Waals surface area contributed by atoms with Crippen molar-refractivity contribution < 1.29 is 116 Å². The molecule has 0 radical (unpaired) electrons. The molecule has 0 atom stereocenters. The number of carboxylic acid groups (broad SMARTS) is 1. The van der Waals surface area contributed by atoms with E-state index < -0.39 is 47.7 Å². The van der Waals surface area contributed by atoms with Gasteiger partial charge in [0, 0.05) is 40.4 Å². The molecule has 0 aliphatic carbocycles. The normalized spacial score (nSPS) is 15.5. The molecule has 0 spiro atoms. The van der Waals surface area contributed by atoms with Crippen molar-refractivity contribution in [1.29, 1.82) is 0 Å². The quantitative estimate of drug-likeness (QED) is 0.485. The summed E-state index contributed by atoms with van der Waals surface area (Å²) in [6.45, 7) is 0. The van der Waals surface area contributed by atoms with E-state index in [9.17, 15) is 70.7 Å². The molecule has 0 aromatic rings. The SMILES string of the molecule is O=C(O)C(F)(F)C(F)(F)C(F)(F)C(F)(F)C(F)(F)C(F)(F)C(F)(F)F.[Sm]. The predicted molar refractivity (Wildman–Crippen MR) is 43.4 cm³/mol. The van der Waals surface area contributed by atoms with E-state index in [1.54, 1.807) is 0 Å². The van der Waals surface area contributed by atoms with Gasteiger partial charge < -0.3 is 5.11 Å². The molecular weight excluding hydrogens is 563 g/mol. The Bertz CT molecular complexity index is 536. The van der Waals surface area contributed by atoms with Crippen LogP contribution < -0.4 is 0 Å². The monoisotopic (exact) mass is 566 g/mol. The molecule has 156 valence electrons. The van der Waals surface area contributed by atoms with Crippen molar-refractivity contribution in [2.45, 2.75) is 41.7 Å². The molecule has 0 heterocycles. The fourth-order valence-corrected chi connectivity index (χ4v) is 1.10. The summed E-state index contributed by atoms with van der Waals surface area (Å²) in [4.78, 5) is 9.72. The van der Waals surface area contributed by atoms with Crippen LogP contribution in [0.3, 0.4) is 0 Å². The van der Waals surface area contributed by atoms with Crippen LogP contribution in [0.1, 0.15) is 0 Å². The number of alkyl halides is 15. The smallest absolute Gasteiger partial charge is 0.460 e. The van der Waals surface area contributed by atoms with Gasteiger partial charge in [0.1, 0.15) is 0 Å². The Balaban J connectivity index is 0. The fraction of sp³-hybridized carbons (Fsp3) is 0.875. The molecule has 0 amide bonds. The topological polar surface area (TPSA) is 37.3 Å². The second-order valence-electron chi connectivity index (χ2n) is 4.25. The molecule has 0 saturated carbocycles. The zero-order chi connectivity index (χ0) is 21.1. The molecule has 0 aliphatic rings. The van der Waals surface area contributed by atoms with Gasteiger partial charge in [-0.3, -0.25) is 0 Å². The second kappa shape index (κ2) is 6.98. The van der Waals surface area contributed by atoms with Gasteiger partial charge in [0.25, 0.3) is 0 Å². The van der Waals surface area contributed by atoms with E-state index >= 15 is 0 Å². The summed E-state index contributed by atoms with van der Waals surface area (Å²) in [5, 5.41) is 7.57. The van der Waals surface area contributed by atoms with Gasteiger partial charge in [-0.1, -0.05) is 0 Å². The van der Waals surface area contributed by atoms with Crippen molar-refractivity contribution in [1.82, 2.24) is 0 Å². The molecule has 0 saturated heterocycles. The number of hydrogen-bond donors (Lipinski definition) is 1. The van der Waals surface area contributed by atoms with Crippen LogP contribution in [0, 0.1) is 40.4 Å². The number of carboxylic acids is 1. The Morgan fingerprint density at radius 2 is 0.731 bits per heavy atom. The van der Waals surface area contributed by atoms with Crippen LogP contribution >= 0.6 is 0 Å². The zero-order valence-electron chi connectivity index (χ0n) is 10.9. The van der Waals surface area contributed by atoms with Gasteiger partial charge in [0.15, 0.2) is 0 Å². The molecule has 0 bridgehead atoms. The minimum Gasteiger partial charge on any atom is -0.477 e. The van der Waals surface area contributed by atoms with Crippen LogP contribution in [0.4, 0.5) is 65.9 Å². The number of aliphatic carboxylic acids is 1. The summed E-state index contributed by atoms with van der Waals surface area (Å²) in [7, 11) is 0. The van der Waals surface area contributed by atoms with E-state index in [4.69, 9.17) is 5.11 Å². The Morgan fingerprint density at radius 1 is 0.500 bits per heavy atom. The minimum absolute atomic E-state index is 0. The van der Waals surface area contributed by atoms with E-state index in [1.807, 2.05) is 0 Å². The van der Waals surface area contributed by atoms with Crippen LogP contribution in [0.2, 0.25) is 0 Å². The number of hydrogen-bond acceptors (Lipinski definition) is 1. The van der Waals surface area contributed by atoms with Crippen LogP contribution in [-0.4, -0.2) is 52.8 Å².